The van der Waals surface area contributed by atoms with E-state index in [0.29, 0.717) is 13.0 Å². The summed E-state index contributed by atoms with van der Waals surface area (Å²) in [5.41, 5.74) is 0. The molecule has 1 aliphatic heterocycles. The molecule has 3 atom stereocenters. The summed E-state index contributed by atoms with van der Waals surface area (Å²) in [5.74, 6) is -4.37. The van der Waals surface area contributed by atoms with E-state index in [1.807, 2.05) is 0 Å². The van der Waals surface area contributed by atoms with Crippen LogP contribution in [0.2, 0.25) is 0 Å². The van der Waals surface area contributed by atoms with Crippen molar-refractivity contribution in [2.75, 3.05) is 6.61 Å². The summed E-state index contributed by atoms with van der Waals surface area (Å²) in [6, 6.07) is 0. The molecule has 2 nitrogen and oxygen atoms in total. The van der Waals surface area contributed by atoms with Gasteiger partial charge in [0.25, 0.3) is 5.92 Å². The molecular weight excluding hydrogens is 190 g/mol. The molecule has 0 N–H and O–H groups in total. The number of halogens is 2. The number of alkyl halides is 2. The molecule has 14 heavy (non-hydrogen) atoms. The summed E-state index contributed by atoms with van der Waals surface area (Å²) < 4.78 is 37.2. The summed E-state index contributed by atoms with van der Waals surface area (Å²) in [4.78, 5) is 0. The van der Waals surface area contributed by atoms with Crippen LogP contribution in [0, 0.1) is 11.8 Å². The van der Waals surface area contributed by atoms with E-state index in [1.165, 1.54) is 0 Å². The first-order valence-electron chi connectivity index (χ1n) is 5.08. The molecule has 0 bridgehead atoms. The highest BCUT2D eigenvalue weighted by molar-refractivity contribution is 5.09. The summed E-state index contributed by atoms with van der Waals surface area (Å²) >= 11 is 0. The molecule has 0 aromatic carbocycles. The third kappa shape index (κ3) is 1.44. The van der Waals surface area contributed by atoms with E-state index in [9.17, 15) is 8.78 Å². The molecule has 0 radical (unpaired) electrons. The maximum atomic E-state index is 13.2. The van der Waals surface area contributed by atoms with Crippen LogP contribution in [0.5, 0.6) is 0 Å². The molecule has 2 rings (SSSR count). The molecule has 0 amide bonds. The summed E-state index contributed by atoms with van der Waals surface area (Å²) in [6.07, 6.45) is 0.0859. The maximum absolute atomic E-state index is 13.2. The normalized spacial score (nSPS) is 43.9. The van der Waals surface area contributed by atoms with Crippen molar-refractivity contribution in [2.24, 2.45) is 11.8 Å². The Balaban J connectivity index is 2.00. The minimum absolute atomic E-state index is 0.295. The molecular formula is C10H16F2O2. The second kappa shape index (κ2) is 2.89. The predicted molar refractivity (Wildman–Crippen MR) is 47.1 cm³/mol. The Morgan fingerprint density at radius 1 is 1.36 bits per heavy atom. The molecule has 4 heteroatoms. The topological polar surface area (TPSA) is 18.5 Å². The molecule has 1 saturated heterocycles. The van der Waals surface area contributed by atoms with Gasteiger partial charge in [-0.1, -0.05) is 6.92 Å². The lowest BCUT2D eigenvalue weighted by Crippen LogP contribution is -2.23. The highest BCUT2D eigenvalue weighted by atomic mass is 19.3. The van der Waals surface area contributed by atoms with Gasteiger partial charge in [0.15, 0.2) is 5.79 Å². The van der Waals surface area contributed by atoms with Gasteiger partial charge in [0.1, 0.15) is 0 Å². The maximum Gasteiger partial charge on any atom is 0.257 e. The minimum atomic E-state index is -2.54. The van der Waals surface area contributed by atoms with E-state index in [0.717, 1.165) is 0 Å². The molecule has 2 fully saturated rings. The lowest BCUT2D eigenvalue weighted by atomic mass is 10.2. The Morgan fingerprint density at radius 2 is 2.00 bits per heavy atom. The molecule has 1 heterocycles. The fraction of sp³-hybridized carbons (Fsp3) is 1.00. The molecule has 0 spiro atoms. The Kier molecular flexibility index (Phi) is 2.13. The van der Waals surface area contributed by atoms with E-state index >= 15 is 0 Å². The lowest BCUT2D eigenvalue weighted by molar-refractivity contribution is -0.143. The van der Waals surface area contributed by atoms with Crippen LogP contribution in [-0.2, 0) is 9.47 Å². The molecule has 0 aromatic rings. The zero-order valence-electron chi connectivity index (χ0n) is 8.72. The average molecular weight is 206 g/mol. The molecule has 82 valence electrons. The third-order valence-corrected chi connectivity index (χ3v) is 3.13. The Labute approximate surface area is 82.6 Å². The van der Waals surface area contributed by atoms with Crippen LogP contribution < -0.4 is 0 Å². The lowest BCUT2D eigenvalue weighted by Gasteiger charge is -2.16. The fourth-order valence-corrected chi connectivity index (χ4v) is 2.34. The smallest absolute Gasteiger partial charge is 0.257 e. The summed E-state index contributed by atoms with van der Waals surface area (Å²) in [5, 5.41) is 0. The van der Waals surface area contributed by atoms with E-state index in [1.54, 1.807) is 20.8 Å². The summed E-state index contributed by atoms with van der Waals surface area (Å²) in [6.45, 7) is 5.60. The number of ether oxygens (including phenoxy) is 2. The van der Waals surface area contributed by atoms with E-state index in [4.69, 9.17) is 9.47 Å². The van der Waals surface area contributed by atoms with Gasteiger partial charge in [-0.15, -0.1) is 0 Å². The van der Waals surface area contributed by atoms with E-state index < -0.39 is 29.6 Å². The Bertz CT molecular complexity index is 240. The van der Waals surface area contributed by atoms with Crippen molar-refractivity contribution < 1.29 is 18.3 Å². The molecule has 0 aromatic heterocycles. The van der Waals surface area contributed by atoms with Crippen molar-refractivity contribution in [3.8, 4) is 0 Å². The fourth-order valence-electron chi connectivity index (χ4n) is 2.34. The van der Waals surface area contributed by atoms with Gasteiger partial charge in [0.2, 0.25) is 0 Å². The highest BCUT2D eigenvalue weighted by Crippen LogP contribution is 2.60. The SMILES string of the molecule is CCC1C(C2COC(C)(C)O2)C1(F)F. The van der Waals surface area contributed by atoms with E-state index in [-0.39, 0.29) is 0 Å². The van der Waals surface area contributed by atoms with Crippen molar-refractivity contribution in [1.29, 1.82) is 0 Å². The summed E-state index contributed by atoms with van der Waals surface area (Å²) in [7, 11) is 0. The van der Waals surface area contributed by atoms with Gasteiger partial charge >= 0.3 is 0 Å². The molecule has 1 saturated carbocycles. The van der Waals surface area contributed by atoms with Gasteiger partial charge in [-0.2, -0.15) is 0 Å². The number of hydrogen-bond donors (Lipinski definition) is 0. The van der Waals surface area contributed by atoms with Crippen LogP contribution in [0.4, 0.5) is 8.78 Å². The second-order valence-electron chi connectivity index (χ2n) is 4.58. The molecule has 1 aliphatic carbocycles. The van der Waals surface area contributed by atoms with Crippen molar-refractivity contribution in [3.63, 3.8) is 0 Å². The highest BCUT2D eigenvalue weighted by Gasteiger charge is 2.71. The first-order valence-corrected chi connectivity index (χ1v) is 5.08. The van der Waals surface area contributed by atoms with Crippen LogP contribution >= 0.6 is 0 Å². The Hall–Kier alpha value is -0.220. The van der Waals surface area contributed by atoms with Crippen LogP contribution in [0.25, 0.3) is 0 Å². The quantitative estimate of drug-likeness (QED) is 0.690. The molecule has 3 unspecified atom stereocenters. The van der Waals surface area contributed by atoms with Crippen molar-refractivity contribution in [3.05, 3.63) is 0 Å². The average Bonchev–Trinajstić information content (AvgIpc) is 2.41. The van der Waals surface area contributed by atoms with Crippen molar-refractivity contribution >= 4 is 0 Å². The van der Waals surface area contributed by atoms with Crippen LogP contribution in [0.3, 0.4) is 0 Å². The minimum Gasteiger partial charge on any atom is -0.348 e. The van der Waals surface area contributed by atoms with Crippen molar-refractivity contribution in [1.82, 2.24) is 0 Å². The standard InChI is InChI=1S/C10H16F2O2/c1-4-6-8(10(6,11)12)7-5-13-9(2,3)14-7/h6-8H,4-5H2,1-3H3. The number of hydrogen-bond acceptors (Lipinski definition) is 2. The third-order valence-electron chi connectivity index (χ3n) is 3.13. The van der Waals surface area contributed by atoms with E-state index in [2.05, 4.69) is 0 Å². The zero-order valence-corrected chi connectivity index (χ0v) is 8.72. The predicted octanol–water partition coefficient (Wildman–Crippen LogP) is 2.43. The van der Waals surface area contributed by atoms with Crippen LogP contribution in [0.15, 0.2) is 0 Å². The first-order chi connectivity index (χ1) is 6.38. The van der Waals surface area contributed by atoms with Crippen LogP contribution in [0.1, 0.15) is 27.2 Å². The first kappa shape index (κ1) is 10.3. The van der Waals surface area contributed by atoms with Crippen molar-refractivity contribution in [2.45, 2.75) is 45.0 Å². The monoisotopic (exact) mass is 206 g/mol. The second-order valence-corrected chi connectivity index (χ2v) is 4.58. The van der Waals surface area contributed by atoms with Gasteiger partial charge in [0, 0.05) is 5.92 Å². The van der Waals surface area contributed by atoms with Gasteiger partial charge in [-0.3, -0.25) is 0 Å². The zero-order chi connectivity index (χ0) is 10.6. The Morgan fingerprint density at radius 3 is 2.36 bits per heavy atom. The van der Waals surface area contributed by atoms with Gasteiger partial charge < -0.3 is 9.47 Å². The largest absolute Gasteiger partial charge is 0.348 e. The van der Waals surface area contributed by atoms with Gasteiger partial charge in [-0.05, 0) is 20.3 Å². The van der Waals surface area contributed by atoms with Gasteiger partial charge in [0.05, 0.1) is 18.6 Å². The molecule has 2 aliphatic rings. The number of rotatable bonds is 2. The van der Waals surface area contributed by atoms with Gasteiger partial charge in [-0.25, -0.2) is 8.78 Å². The van der Waals surface area contributed by atoms with Crippen LogP contribution in [-0.4, -0.2) is 24.4 Å².